The van der Waals surface area contributed by atoms with Gasteiger partial charge in [-0.15, -0.1) is 0 Å². The second-order valence-corrected chi connectivity index (χ2v) is 6.75. The van der Waals surface area contributed by atoms with Crippen LogP contribution in [0.3, 0.4) is 0 Å². The molecule has 0 aliphatic rings. The Bertz CT molecular complexity index is 606. The smallest absolute Gasteiger partial charge is 0.0575 e. The molecule has 0 amide bonds. The van der Waals surface area contributed by atoms with E-state index in [1.807, 2.05) is 18.2 Å². The van der Waals surface area contributed by atoms with Crippen molar-refractivity contribution >= 4 is 27.3 Å². The lowest BCUT2D eigenvalue weighted by Gasteiger charge is -2.27. The third kappa shape index (κ3) is 3.54. The topological polar surface area (TPSA) is 38.0 Å². The molecule has 0 fully saturated rings. The molecular formula is C17H21BrN2. The highest BCUT2D eigenvalue weighted by Gasteiger charge is 2.20. The lowest BCUT2D eigenvalue weighted by molar-refractivity contribution is 0.557. The minimum absolute atomic E-state index is 0.0472. The Morgan fingerprint density at radius 3 is 2.55 bits per heavy atom. The Balaban J connectivity index is 2.12. The number of hydrogen-bond donors (Lipinski definition) is 2. The van der Waals surface area contributed by atoms with Crippen molar-refractivity contribution in [3.05, 3.63) is 58.1 Å². The van der Waals surface area contributed by atoms with Gasteiger partial charge in [-0.25, -0.2) is 0 Å². The minimum Gasteiger partial charge on any atom is -0.397 e. The van der Waals surface area contributed by atoms with Crippen LogP contribution < -0.4 is 11.1 Å². The molecule has 0 atom stereocenters. The predicted molar refractivity (Wildman–Crippen MR) is 91.2 cm³/mol. The number of nitrogens with two attached hydrogens (primary N) is 1. The number of anilines is 2. The van der Waals surface area contributed by atoms with E-state index in [2.05, 4.69) is 66.3 Å². The van der Waals surface area contributed by atoms with Crippen molar-refractivity contribution in [2.24, 2.45) is 0 Å². The van der Waals surface area contributed by atoms with Gasteiger partial charge in [0.25, 0.3) is 0 Å². The average molecular weight is 333 g/mol. The number of nitrogens with one attached hydrogen (secondary N) is 1. The number of rotatable bonds is 4. The van der Waals surface area contributed by atoms with Gasteiger partial charge in [0.2, 0.25) is 0 Å². The van der Waals surface area contributed by atoms with Crippen molar-refractivity contribution in [3.8, 4) is 0 Å². The molecule has 0 unspecified atom stereocenters. The second kappa shape index (κ2) is 5.88. The highest BCUT2D eigenvalue weighted by molar-refractivity contribution is 9.10. The summed E-state index contributed by atoms with van der Waals surface area (Å²) in [7, 11) is 0. The van der Waals surface area contributed by atoms with Gasteiger partial charge >= 0.3 is 0 Å². The third-order valence-electron chi connectivity index (χ3n) is 3.53. The largest absolute Gasteiger partial charge is 0.397 e. The van der Waals surface area contributed by atoms with Crippen LogP contribution in [0, 0.1) is 6.92 Å². The molecule has 0 heterocycles. The molecule has 0 saturated carbocycles. The Kier molecular flexibility index (Phi) is 4.39. The van der Waals surface area contributed by atoms with E-state index in [-0.39, 0.29) is 5.41 Å². The summed E-state index contributed by atoms with van der Waals surface area (Å²) in [6, 6.07) is 14.6. The maximum atomic E-state index is 6.02. The van der Waals surface area contributed by atoms with Crippen molar-refractivity contribution in [1.82, 2.24) is 0 Å². The molecule has 3 N–H and O–H groups in total. The minimum atomic E-state index is 0.0472. The van der Waals surface area contributed by atoms with Gasteiger partial charge in [-0.2, -0.15) is 0 Å². The van der Waals surface area contributed by atoms with E-state index in [9.17, 15) is 0 Å². The normalized spacial score (nSPS) is 11.4. The van der Waals surface area contributed by atoms with Crippen molar-refractivity contribution in [2.75, 3.05) is 17.6 Å². The molecule has 0 aliphatic carbocycles. The number of aryl methyl sites for hydroxylation is 1. The monoisotopic (exact) mass is 332 g/mol. The van der Waals surface area contributed by atoms with E-state index in [0.717, 1.165) is 22.4 Å². The summed E-state index contributed by atoms with van der Waals surface area (Å²) in [6.45, 7) is 7.44. The molecule has 2 aromatic rings. The van der Waals surface area contributed by atoms with Crippen LogP contribution in [0.5, 0.6) is 0 Å². The number of hydrogen-bond acceptors (Lipinski definition) is 2. The van der Waals surface area contributed by atoms with Gasteiger partial charge in [-0.3, -0.25) is 0 Å². The van der Waals surface area contributed by atoms with E-state index in [1.165, 1.54) is 11.1 Å². The summed E-state index contributed by atoms with van der Waals surface area (Å²) in [4.78, 5) is 0. The molecule has 2 rings (SSSR count). The molecule has 106 valence electrons. The van der Waals surface area contributed by atoms with Gasteiger partial charge in [-0.1, -0.05) is 59.6 Å². The molecule has 0 aliphatic heterocycles. The van der Waals surface area contributed by atoms with Crippen LogP contribution in [0.15, 0.2) is 46.9 Å². The number of benzene rings is 2. The SMILES string of the molecule is Cc1cccc(C(C)(C)CNc2ccc(Br)cc2N)c1. The zero-order chi connectivity index (χ0) is 14.8. The first-order valence-electron chi connectivity index (χ1n) is 6.74. The zero-order valence-electron chi connectivity index (χ0n) is 12.2. The highest BCUT2D eigenvalue weighted by atomic mass is 79.9. The maximum absolute atomic E-state index is 6.02. The standard InChI is InChI=1S/C17H21BrN2/c1-12-5-4-6-13(9-12)17(2,3)11-20-16-8-7-14(18)10-15(16)19/h4-10,20H,11,19H2,1-3H3. The Morgan fingerprint density at radius 2 is 1.90 bits per heavy atom. The van der Waals surface area contributed by atoms with Crippen LogP contribution in [0.2, 0.25) is 0 Å². The average Bonchev–Trinajstić information content (AvgIpc) is 2.37. The first kappa shape index (κ1) is 14.9. The Hall–Kier alpha value is -1.48. The van der Waals surface area contributed by atoms with E-state index in [4.69, 9.17) is 5.73 Å². The fourth-order valence-electron chi connectivity index (χ4n) is 2.18. The summed E-state index contributed by atoms with van der Waals surface area (Å²) < 4.78 is 0.999. The predicted octanol–water partition coefficient (Wildman–Crippen LogP) is 4.73. The summed E-state index contributed by atoms with van der Waals surface area (Å²) in [6.07, 6.45) is 0. The van der Waals surface area contributed by atoms with Gasteiger partial charge in [-0.05, 0) is 30.7 Å². The molecule has 2 nitrogen and oxygen atoms in total. The number of halogens is 1. The molecule has 0 aromatic heterocycles. The second-order valence-electron chi connectivity index (χ2n) is 5.84. The summed E-state index contributed by atoms with van der Waals surface area (Å²) in [5.41, 5.74) is 10.4. The molecule has 3 heteroatoms. The van der Waals surface area contributed by atoms with E-state index in [1.54, 1.807) is 0 Å². The zero-order valence-corrected chi connectivity index (χ0v) is 13.8. The molecule has 0 radical (unpaired) electrons. The van der Waals surface area contributed by atoms with Crippen molar-refractivity contribution < 1.29 is 0 Å². The van der Waals surface area contributed by atoms with Crippen LogP contribution in [-0.2, 0) is 5.41 Å². The van der Waals surface area contributed by atoms with E-state index >= 15 is 0 Å². The number of nitrogen functional groups attached to an aromatic ring is 1. The summed E-state index contributed by atoms with van der Waals surface area (Å²) >= 11 is 3.42. The lowest BCUT2D eigenvalue weighted by atomic mass is 9.84. The first-order valence-corrected chi connectivity index (χ1v) is 7.54. The van der Waals surface area contributed by atoms with Crippen molar-refractivity contribution in [3.63, 3.8) is 0 Å². The molecular weight excluding hydrogens is 312 g/mol. The van der Waals surface area contributed by atoms with Crippen LogP contribution >= 0.6 is 15.9 Å². The van der Waals surface area contributed by atoms with Gasteiger partial charge < -0.3 is 11.1 Å². The fraction of sp³-hybridized carbons (Fsp3) is 0.294. The first-order chi connectivity index (χ1) is 9.38. The Labute approximate surface area is 129 Å². The van der Waals surface area contributed by atoms with Gasteiger partial charge in [0.05, 0.1) is 11.4 Å². The van der Waals surface area contributed by atoms with E-state index in [0.29, 0.717) is 0 Å². The molecule has 20 heavy (non-hydrogen) atoms. The molecule has 0 saturated heterocycles. The van der Waals surface area contributed by atoms with Crippen LogP contribution in [-0.4, -0.2) is 6.54 Å². The van der Waals surface area contributed by atoms with Crippen LogP contribution in [0.25, 0.3) is 0 Å². The summed E-state index contributed by atoms with van der Waals surface area (Å²) in [5, 5.41) is 3.45. The van der Waals surface area contributed by atoms with Gasteiger partial charge in [0, 0.05) is 16.4 Å². The van der Waals surface area contributed by atoms with Crippen LogP contribution in [0.4, 0.5) is 11.4 Å². The quantitative estimate of drug-likeness (QED) is 0.794. The third-order valence-corrected chi connectivity index (χ3v) is 4.03. The molecule has 2 aromatic carbocycles. The van der Waals surface area contributed by atoms with Crippen LogP contribution in [0.1, 0.15) is 25.0 Å². The molecule has 0 bridgehead atoms. The molecule has 0 spiro atoms. The fourth-order valence-corrected chi connectivity index (χ4v) is 2.56. The highest BCUT2D eigenvalue weighted by Crippen LogP contribution is 2.27. The van der Waals surface area contributed by atoms with Gasteiger partial charge in [0.1, 0.15) is 0 Å². The maximum Gasteiger partial charge on any atom is 0.0575 e. The van der Waals surface area contributed by atoms with E-state index < -0.39 is 0 Å². The summed E-state index contributed by atoms with van der Waals surface area (Å²) in [5.74, 6) is 0. The van der Waals surface area contributed by atoms with Gasteiger partial charge in [0.15, 0.2) is 0 Å². The lowest BCUT2D eigenvalue weighted by Crippen LogP contribution is -2.28. The Morgan fingerprint density at radius 1 is 1.15 bits per heavy atom. The van der Waals surface area contributed by atoms with Crippen molar-refractivity contribution in [1.29, 1.82) is 0 Å². The van der Waals surface area contributed by atoms with Crippen molar-refractivity contribution in [2.45, 2.75) is 26.2 Å².